The maximum atomic E-state index is 11.6. The highest BCUT2D eigenvalue weighted by atomic mass is 32.0. The van der Waals surface area contributed by atoms with Crippen LogP contribution >= 0.6 is 16.4 Å². The Bertz CT molecular complexity index is 363. The second-order valence-electron chi connectivity index (χ2n) is 3.31. The maximum Gasteiger partial charge on any atom is 0.193 e. The SMILES string of the molecule is Cc1cc(C)c(C(=O)PP=O)c(C)c1. The van der Waals surface area contributed by atoms with Gasteiger partial charge >= 0.3 is 0 Å². The van der Waals surface area contributed by atoms with E-state index in [0.29, 0.717) is 0 Å². The fourth-order valence-electron chi connectivity index (χ4n) is 1.64. The van der Waals surface area contributed by atoms with Crippen molar-refractivity contribution in [2.45, 2.75) is 20.8 Å². The number of hydrogen-bond acceptors (Lipinski definition) is 2. The number of rotatable bonds is 3. The van der Waals surface area contributed by atoms with Crippen LogP contribution in [0, 0.1) is 20.8 Å². The lowest BCUT2D eigenvalue weighted by Crippen LogP contribution is -1.98. The first kappa shape index (κ1) is 11.5. The Hall–Kier alpha value is -0.580. The second kappa shape index (κ2) is 4.77. The van der Waals surface area contributed by atoms with Crippen LogP contribution in [0.4, 0.5) is 0 Å². The molecule has 0 fully saturated rings. The third-order valence-electron chi connectivity index (χ3n) is 2.05. The highest BCUT2D eigenvalue weighted by Crippen LogP contribution is 2.33. The molecule has 0 N–H and O–H groups in total. The minimum Gasteiger partial charge on any atom is -0.288 e. The van der Waals surface area contributed by atoms with E-state index in [1.165, 1.54) is 0 Å². The van der Waals surface area contributed by atoms with Crippen LogP contribution in [-0.4, -0.2) is 5.52 Å². The van der Waals surface area contributed by atoms with Crippen molar-refractivity contribution >= 4 is 21.9 Å². The molecule has 0 radical (unpaired) electrons. The molecule has 1 aromatic rings. The molecule has 1 aromatic carbocycles. The van der Waals surface area contributed by atoms with Gasteiger partial charge in [0.15, 0.2) is 13.7 Å². The van der Waals surface area contributed by atoms with Gasteiger partial charge in [-0.05, 0) is 31.9 Å². The molecule has 0 aliphatic heterocycles. The molecule has 74 valence electrons. The zero-order chi connectivity index (χ0) is 10.7. The van der Waals surface area contributed by atoms with Crippen LogP contribution in [-0.2, 0) is 4.57 Å². The molecule has 0 aromatic heterocycles. The van der Waals surface area contributed by atoms with Gasteiger partial charge in [-0.1, -0.05) is 17.7 Å². The van der Waals surface area contributed by atoms with Crippen LogP contribution in [0.3, 0.4) is 0 Å². The molecule has 4 heteroatoms. The molecule has 0 heterocycles. The summed E-state index contributed by atoms with van der Waals surface area (Å²) in [6.07, 6.45) is 0. The van der Waals surface area contributed by atoms with E-state index in [4.69, 9.17) is 0 Å². The van der Waals surface area contributed by atoms with E-state index in [2.05, 4.69) is 0 Å². The van der Waals surface area contributed by atoms with Crippen LogP contribution in [0.1, 0.15) is 27.0 Å². The van der Waals surface area contributed by atoms with Crippen molar-refractivity contribution in [3.8, 4) is 0 Å². The molecule has 2 nitrogen and oxygen atoms in total. The van der Waals surface area contributed by atoms with Crippen molar-refractivity contribution in [1.82, 2.24) is 0 Å². The van der Waals surface area contributed by atoms with Gasteiger partial charge in [-0.25, -0.2) is 0 Å². The third kappa shape index (κ3) is 2.47. The number of benzene rings is 1. The maximum absolute atomic E-state index is 11.6. The van der Waals surface area contributed by atoms with E-state index in [0.717, 1.165) is 22.3 Å². The summed E-state index contributed by atoms with van der Waals surface area (Å²) >= 11 is 0. The highest BCUT2D eigenvalue weighted by Gasteiger charge is 2.12. The molecular weight excluding hydrogens is 214 g/mol. The largest absolute Gasteiger partial charge is 0.288 e. The van der Waals surface area contributed by atoms with Gasteiger partial charge in [0.05, 0.1) is 8.27 Å². The van der Waals surface area contributed by atoms with Gasteiger partial charge in [-0.2, -0.15) is 0 Å². The van der Waals surface area contributed by atoms with Crippen molar-refractivity contribution < 1.29 is 9.36 Å². The molecule has 0 bridgehead atoms. The molecule has 0 amide bonds. The Balaban J connectivity index is 3.20. The Labute approximate surface area is 87.0 Å². The van der Waals surface area contributed by atoms with Gasteiger partial charge in [-0.15, -0.1) is 0 Å². The Morgan fingerprint density at radius 1 is 1.21 bits per heavy atom. The van der Waals surface area contributed by atoms with Gasteiger partial charge in [0.1, 0.15) is 0 Å². The van der Waals surface area contributed by atoms with Crippen molar-refractivity contribution in [3.63, 3.8) is 0 Å². The first-order valence-electron chi connectivity index (χ1n) is 4.27. The van der Waals surface area contributed by atoms with E-state index >= 15 is 0 Å². The molecule has 1 rings (SSSR count). The summed E-state index contributed by atoms with van der Waals surface area (Å²) in [5.41, 5.74) is 3.82. The van der Waals surface area contributed by atoms with Gasteiger partial charge in [-0.3, -0.25) is 9.36 Å². The summed E-state index contributed by atoms with van der Waals surface area (Å²) in [5.74, 6) is 0. The standard InChI is InChI=1S/C10H12O2P2/c1-6-4-7(2)9(8(3)5-6)10(11)13-14-12/h4-5,13H,1-3H3. The quantitative estimate of drug-likeness (QED) is 0.737. The summed E-state index contributed by atoms with van der Waals surface area (Å²) < 4.78 is 10.4. The summed E-state index contributed by atoms with van der Waals surface area (Å²) in [5, 5.41) is 0. The molecule has 0 aliphatic rings. The predicted molar refractivity (Wildman–Crippen MR) is 60.9 cm³/mol. The molecule has 1 unspecified atom stereocenters. The second-order valence-corrected chi connectivity index (χ2v) is 5.38. The lowest BCUT2D eigenvalue weighted by molar-refractivity contribution is 0.108. The minimum atomic E-state index is -0.167. The van der Waals surface area contributed by atoms with E-state index in [-0.39, 0.29) is 21.9 Å². The number of carbonyl (C=O) groups is 1. The van der Waals surface area contributed by atoms with Gasteiger partial charge in [0.2, 0.25) is 0 Å². The van der Waals surface area contributed by atoms with E-state index in [1.54, 1.807) is 0 Å². The normalized spacial score (nSPS) is 11.4. The van der Waals surface area contributed by atoms with Gasteiger partial charge < -0.3 is 0 Å². The van der Waals surface area contributed by atoms with Crippen molar-refractivity contribution in [2.75, 3.05) is 0 Å². The highest BCUT2D eigenvalue weighted by molar-refractivity contribution is 8.14. The summed E-state index contributed by atoms with van der Waals surface area (Å²) in [4.78, 5) is 11.6. The van der Waals surface area contributed by atoms with Crippen molar-refractivity contribution in [1.29, 1.82) is 0 Å². The van der Waals surface area contributed by atoms with Crippen LogP contribution in [0.25, 0.3) is 0 Å². The predicted octanol–water partition coefficient (Wildman–Crippen LogP) is 3.64. The molecule has 0 saturated heterocycles. The average molecular weight is 226 g/mol. The molecule has 0 saturated carbocycles. The lowest BCUT2D eigenvalue weighted by atomic mass is 10.0. The Morgan fingerprint density at radius 3 is 2.14 bits per heavy atom. The van der Waals surface area contributed by atoms with Crippen LogP contribution in [0.5, 0.6) is 0 Å². The average Bonchev–Trinajstić information content (AvgIpc) is 2.01. The first-order valence-corrected chi connectivity index (χ1v) is 6.92. The molecule has 0 aliphatic carbocycles. The lowest BCUT2D eigenvalue weighted by Gasteiger charge is -2.08. The van der Waals surface area contributed by atoms with E-state index in [9.17, 15) is 9.36 Å². The zero-order valence-electron chi connectivity index (χ0n) is 8.42. The fourth-order valence-corrected chi connectivity index (χ4v) is 2.81. The Kier molecular flexibility index (Phi) is 3.92. The fraction of sp³-hybridized carbons (Fsp3) is 0.300. The summed E-state index contributed by atoms with van der Waals surface area (Å²) in [6.45, 7) is 5.83. The van der Waals surface area contributed by atoms with Gasteiger partial charge in [0, 0.05) is 5.56 Å². The van der Waals surface area contributed by atoms with Crippen molar-refractivity contribution in [3.05, 3.63) is 34.4 Å². The first-order chi connectivity index (χ1) is 6.56. The van der Waals surface area contributed by atoms with E-state index in [1.807, 2.05) is 32.9 Å². The van der Waals surface area contributed by atoms with Crippen molar-refractivity contribution in [2.24, 2.45) is 0 Å². The topological polar surface area (TPSA) is 34.1 Å². The number of aryl methyl sites for hydroxylation is 3. The van der Waals surface area contributed by atoms with Crippen LogP contribution in [0.2, 0.25) is 0 Å². The molecule has 14 heavy (non-hydrogen) atoms. The minimum absolute atomic E-state index is 0.0170. The summed E-state index contributed by atoms with van der Waals surface area (Å²) in [6, 6.07) is 3.96. The molecule has 0 spiro atoms. The summed E-state index contributed by atoms with van der Waals surface area (Å²) in [7, 11) is -0.248. The van der Waals surface area contributed by atoms with Crippen LogP contribution in [0.15, 0.2) is 12.1 Å². The third-order valence-corrected chi connectivity index (χ3v) is 3.48. The smallest absolute Gasteiger partial charge is 0.193 e. The number of carbonyl (C=O) groups excluding carboxylic acids is 1. The zero-order valence-corrected chi connectivity index (χ0v) is 10.3. The Morgan fingerprint density at radius 2 is 1.71 bits per heavy atom. The van der Waals surface area contributed by atoms with E-state index < -0.39 is 0 Å². The van der Waals surface area contributed by atoms with Gasteiger partial charge in [0.25, 0.3) is 0 Å². The molecule has 1 atom stereocenters. The monoisotopic (exact) mass is 226 g/mol. The van der Waals surface area contributed by atoms with Crippen LogP contribution < -0.4 is 0 Å². The number of hydrogen-bond donors (Lipinski definition) is 0. The molecular formula is C10H12O2P2.